The van der Waals surface area contributed by atoms with Gasteiger partial charge in [-0.2, -0.15) is 0 Å². The number of hydrogen-bond acceptors (Lipinski definition) is 9. The number of aliphatic hydroxyl groups excluding tert-OH is 2. The number of nitrogens with zero attached hydrogens (tertiary/aromatic N) is 2. The van der Waals surface area contributed by atoms with Gasteiger partial charge in [0, 0.05) is 38.2 Å². The van der Waals surface area contributed by atoms with Gasteiger partial charge in [-0.25, -0.2) is 4.79 Å². The molecule has 0 spiro atoms. The van der Waals surface area contributed by atoms with Crippen molar-refractivity contribution in [2.24, 2.45) is 22.9 Å². The van der Waals surface area contributed by atoms with E-state index >= 15 is 0 Å². The first-order valence-electron chi connectivity index (χ1n) is 16.9. The van der Waals surface area contributed by atoms with Crippen LogP contribution in [0.2, 0.25) is 0 Å². The third kappa shape index (κ3) is 8.04. The fraction of sp³-hybridized carbons (Fsp3) is 0.622. The van der Waals surface area contributed by atoms with Crippen LogP contribution in [0.3, 0.4) is 0 Å². The van der Waals surface area contributed by atoms with Crippen molar-refractivity contribution in [3.8, 4) is 11.5 Å². The van der Waals surface area contributed by atoms with E-state index in [1.54, 1.807) is 24.1 Å². The third-order valence-corrected chi connectivity index (χ3v) is 9.37. The van der Waals surface area contributed by atoms with Crippen LogP contribution in [0.15, 0.2) is 60.3 Å². The average molecular weight is 655 g/mol. The molecule has 10 heteroatoms. The number of allylic oxidation sites excluding steroid dienone is 1. The van der Waals surface area contributed by atoms with Crippen molar-refractivity contribution in [1.82, 2.24) is 4.90 Å². The number of rotatable bonds is 16. The molecule has 1 saturated carbocycles. The first kappa shape index (κ1) is 36.5. The van der Waals surface area contributed by atoms with Crippen molar-refractivity contribution in [3.05, 3.63) is 60.7 Å². The van der Waals surface area contributed by atoms with Gasteiger partial charge in [0.05, 0.1) is 25.3 Å². The molecular formula is C37H54N2O8. The number of oxime groups is 1. The molecule has 1 aliphatic heterocycles. The molecule has 6 unspecified atom stereocenters. The SMILES string of the molecule is C=CCOc1ccc2c(c1)C1C(CCCCO)C(CCCCO)C=C3C(=NOC(C)(C)C)CC(N(C)C(=O)OC)C(OCC=C)(O2)C31. The van der Waals surface area contributed by atoms with Crippen molar-refractivity contribution >= 4 is 11.8 Å². The Hall–Kier alpha value is -3.34. The molecule has 2 aliphatic carbocycles. The first-order chi connectivity index (χ1) is 22.5. The second-order valence-corrected chi connectivity index (χ2v) is 13.7. The molecule has 0 aromatic heterocycles. The molecule has 1 heterocycles. The monoisotopic (exact) mass is 654 g/mol. The Kier molecular flexibility index (Phi) is 12.6. The highest BCUT2D eigenvalue weighted by atomic mass is 16.7. The van der Waals surface area contributed by atoms with Crippen LogP contribution in [0, 0.1) is 17.8 Å². The van der Waals surface area contributed by atoms with Crippen LogP contribution in [0.1, 0.15) is 77.2 Å². The minimum atomic E-state index is -1.31. The predicted molar refractivity (Wildman–Crippen MR) is 182 cm³/mol. The number of likely N-dealkylation sites (N-methyl/N-ethyl adjacent to an activating group) is 1. The number of aliphatic hydroxyl groups is 2. The Bertz CT molecular complexity index is 1300. The van der Waals surface area contributed by atoms with Crippen molar-refractivity contribution < 1.29 is 38.8 Å². The lowest BCUT2D eigenvalue weighted by atomic mass is 9.55. The van der Waals surface area contributed by atoms with Gasteiger partial charge in [-0.05, 0) is 82.1 Å². The number of fused-ring (bicyclic) bond motifs is 2. The third-order valence-electron chi connectivity index (χ3n) is 9.37. The molecule has 0 saturated heterocycles. The predicted octanol–water partition coefficient (Wildman–Crippen LogP) is 6.38. The molecule has 47 heavy (non-hydrogen) atoms. The lowest BCUT2D eigenvalue weighted by Gasteiger charge is -2.59. The highest BCUT2D eigenvalue weighted by molar-refractivity contribution is 6.02. The second kappa shape index (κ2) is 16.2. The summed E-state index contributed by atoms with van der Waals surface area (Å²) in [5.74, 6) is -0.169. The summed E-state index contributed by atoms with van der Waals surface area (Å²) in [6.45, 7) is 14.4. The van der Waals surface area contributed by atoms with Crippen molar-refractivity contribution in [2.45, 2.75) is 89.1 Å². The van der Waals surface area contributed by atoms with E-state index in [1.165, 1.54) is 7.11 Å². The summed E-state index contributed by atoms with van der Waals surface area (Å²) < 4.78 is 25.1. The molecule has 1 aromatic rings. The molecule has 0 radical (unpaired) electrons. The average Bonchev–Trinajstić information content (AvgIpc) is 3.05. The molecule has 10 nitrogen and oxygen atoms in total. The fourth-order valence-corrected chi connectivity index (χ4v) is 7.44. The second-order valence-electron chi connectivity index (χ2n) is 13.7. The van der Waals surface area contributed by atoms with Gasteiger partial charge in [0.2, 0.25) is 5.79 Å². The fourth-order valence-electron chi connectivity index (χ4n) is 7.44. The zero-order chi connectivity index (χ0) is 34.2. The molecule has 1 fully saturated rings. The number of carbonyl (C=O) groups is 1. The van der Waals surface area contributed by atoms with Crippen LogP contribution in [0.5, 0.6) is 11.5 Å². The molecule has 2 N–H and O–H groups in total. The van der Waals surface area contributed by atoms with Crippen LogP contribution in [-0.4, -0.2) is 84.9 Å². The summed E-state index contributed by atoms with van der Waals surface area (Å²) >= 11 is 0. The van der Waals surface area contributed by atoms with E-state index < -0.39 is 23.5 Å². The van der Waals surface area contributed by atoms with Crippen molar-refractivity contribution in [1.29, 1.82) is 0 Å². The molecule has 4 rings (SSSR count). The van der Waals surface area contributed by atoms with Crippen molar-refractivity contribution in [2.75, 3.05) is 40.6 Å². The van der Waals surface area contributed by atoms with Gasteiger partial charge in [-0.1, -0.05) is 42.8 Å². The van der Waals surface area contributed by atoms with Gasteiger partial charge in [0.25, 0.3) is 0 Å². The summed E-state index contributed by atoms with van der Waals surface area (Å²) in [6.07, 6.45) is 10.4. The normalized spacial score (nSPS) is 27.1. The lowest BCUT2D eigenvalue weighted by molar-refractivity contribution is -0.253. The molecule has 3 aliphatic rings. The highest BCUT2D eigenvalue weighted by Crippen LogP contribution is 2.61. The summed E-state index contributed by atoms with van der Waals surface area (Å²) in [5, 5.41) is 24.2. The van der Waals surface area contributed by atoms with Gasteiger partial charge in [-0.15, -0.1) is 6.58 Å². The molecular weight excluding hydrogens is 600 g/mol. The van der Waals surface area contributed by atoms with E-state index in [0.717, 1.165) is 42.5 Å². The Morgan fingerprint density at radius 2 is 1.81 bits per heavy atom. The molecule has 260 valence electrons. The Balaban J connectivity index is 2.03. The summed E-state index contributed by atoms with van der Waals surface area (Å²) in [7, 11) is 3.06. The zero-order valence-corrected chi connectivity index (χ0v) is 28.8. The number of ether oxygens (including phenoxy) is 4. The van der Waals surface area contributed by atoms with Crippen LogP contribution in [0.4, 0.5) is 4.79 Å². The minimum absolute atomic E-state index is 0.121. The highest BCUT2D eigenvalue weighted by Gasteiger charge is 2.65. The van der Waals surface area contributed by atoms with Crippen LogP contribution < -0.4 is 9.47 Å². The van der Waals surface area contributed by atoms with E-state index in [0.29, 0.717) is 37.4 Å². The van der Waals surface area contributed by atoms with Gasteiger partial charge < -0.3 is 38.9 Å². The Morgan fingerprint density at radius 1 is 1.11 bits per heavy atom. The number of methoxy groups -OCH3 is 1. The number of benzene rings is 1. The Labute approximate surface area is 280 Å². The van der Waals surface area contributed by atoms with E-state index in [4.69, 9.17) is 28.9 Å². The number of unbranched alkanes of at least 4 members (excludes halogenated alkanes) is 2. The maximum absolute atomic E-state index is 13.2. The van der Waals surface area contributed by atoms with E-state index in [2.05, 4.69) is 25.3 Å². The number of carbonyl (C=O) groups excluding carboxylic acids is 1. The van der Waals surface area contributed by atoms with Gasteiger partial charge in [-0.3, -0.25) is 0 Å². The maximum atomic E-state index is 13.2. The molecule has 1 aromatic carbocycles. The van der Waals surface area contributed by atoms with Crippen LogP contribution >= 0.6 is 0 Å². The van der Waals surface area contributed by atoms with E-state index in [9.17, 15) is 15.0 Å². The Morgan fingerprint density at radius 3 is 2.45 bits per heavy atom. The summed E-state index contributed by atoms with van der Waals surface area (Å²) in [4.78, 5) is 20.8. The lowest BCUT2D eigenvalue weighted by Crippen LogP contribution is -2.69. The number of hydrogen-bond donors (Lipinski definition) is 2. The van der Waals surface area contributed by atoms with Crippen LogP contribution in [0.25, 0.3) is 0 Å². The summed E-state index contributed by atoms with van der Waals surface area (Å²) in [6, 6.07) is 5.24. The van der Waals surface area contributed by atoms with Gasteiger partial charge in [0.15, 0.2) is 0 Å². The topological polar surface area (TPSA) is 119 Å². The summed E-state index contributed by atoms with van der Waals surface area (Å²) in [5.41, 5.74) is 2.17. The quantitative estimate of drug-likeness (QED) is 0.120. The van der Waals surface area contributed by atoms with Gasteiger partial charge >= 0.3 is 6.09 Å². The molecule has 6 atom stereocenters. The standard InChI is InChI=1S/C37H54N2O8/c1-8-20-44-26-16-17-31-29(23-26)33-27(15-11-13-19-41)25(14-10-12-18-40)22-28-30(38-47-36(3,4)5)24-32(39(6)35(42)43-7)37(46-31,34(28)33)45-21-9-2/h8-9,16-17,22-23,25,27,32-34,40-41H,1-2,10-15,18-21,24H2,3-7H3. The molecule has 1 amide bonds. The van der Waals surface area contributed by atoms with Crippen molar-refractivity contribution in [3.63, 3.8) is 0 Å². The molecule has 0 bridgehead atoms. The zero-order valence-electron chi connectivity index (χ0n) is 28.8. The van der Waals surface area contributed by atoms with E-state index in [-0.39, 0.29) is 43.5 Å². The van der Waals surface area contributed by atoms with Gasteiger partial charge in [0.1, 0.15) is 29.7 Å². The minimum Gasteiger partial charge on any atom is -0.490 e. The number of amides is 1. The van der Waals surface area contributed by atoms with E-state index in [1.807, 2.05) is 32.9 Å². The maximum Gasteiger partial charge on any atom is 0.409 e. The first-order valence-corrected chi connectivity index (χ1v) is 16.9. The smallest absolute Gasteiger partial charge is 0.409 e. The van der Waals surface area contributed by atoms with Crippen LogP contribution in [-0.2, 0) is 14.3 Å². The largest absolute Gasteiger partial charge is 0.490 e.